The Balaban J connectivity index is 1.38. The molecule has 5 rings (SSSR count). The molecule has 0 bridgehead atoms. The van der Waals surface area contributed by atoms with Gasteiger partial charge in [0.25, 0.3) is 0 Å². The zero-order valence-electron chi connectivity index (χ0n) is 20.3. The zero-order chi connectivity index (χ0) is 22.1. The average molecular weight is 452 g/mol. The fourth-order valence-electron chi connectivity index (χ4n) is 10.1. The van der Waals surface area contributed by atoms with E-state index in [9.17, 15) is 10.2 Å². The van der Waals surface area contributed by atoms with Crippen LogP contribution >= 0.6 is 11.8 Å². The highest BCUT2D eigenvalue weighted by Crippen LogP contribution is 2.68. The highest BCUT2D eigenvalue weighted by atomic mass is 35.5. The highest BCUT2D eigenvalue weighted by Gasteiger charge is 2.63. The maximum absolute atomic E-state index is 11.5. The molecule has 0 radical (unpaired) electrons. The van der Waals surface area contributed by atoms with Crippen molar-refractivity contribution < 1.29 is 10.2 Å². The molecule has 178 valence electrons. The minimum atomic E-state index is -0.174. The highest BCUT2D eigenvalue weighted by molar-refractivity contribution is 6.13. The van der Waals surface area contributed by atoms with Gasteiger partial charge in [0.2, 0.25) is 0 Å². The van der Waals surface area contributed by atoms with Crippen molar-refractivity contribution in [1.82, 2.24) is 4.42 Å². The molecular weight excluding hydrogens is 406 g/mol. The lowest BCUT2D eigenvalue weighted by molar-refractivity contribution is -0.131. The van der Waals surface area contributed by atoms with E-state index >= 15 is 0 Å². The van der Waals surface area contributed by atoms with Crippen molar-refractivity contribution in [2.45, 2.75) is 110 Å². The monoisotopic (exact) mass is 451 g/mol. The zero-order valence-corrected chi connectivity index (χ0v) is 21.0. The minimum absolute atomic E-state index is 0.0706. The molecule has 4 aliphatic carbocycles. The second-order valence-electron chi connectivity index (χ2n) is 13.1. The molecule has 4 saturated carbocycles. The number of fused-ring (bicyclic) bond motifs is 5. The fourth-order valence-corrected chi connectivity index (χ4v) is 10.6. The van der Waals surface area contributed by atoms with E-state index in [0.717, 1.165) is 37.6 Å². The summed E-state index contributed by atoms with van der Waals surface area (Å²) >= 11 is 6.77. The molecule has 0 aromatic heterocycles. The van der Waals surface area contributed by atoms with E-state index in [-0.39, 0.29) is 17.6 Å². The second-order valence-corrected chi connectivity index (χ2v) is 13.6. The topological polar surface area (TPSA) is 43.7 Å². The third-order valence-electron chi connectivity index (χ3n) is 11.7. The minimum Gasteiger partial charge on any atom is -0.393 e. The molecule has 0 amide bonds. The summed E-state index contributed by atoms with van der Waals surface area (Å²) in [5.41, 5.74) is 0.656. The van der Waals surface area contributed by atoms with Crippen LogP contribution in [0.25, 0.3) is 0 Å². The fraction of sp³-hybridized carbons (Fsp3) is 1.00. The van der Waals surface area contributed by atoms with Crippen LogP contribution in [-0.2, 0) is 0 Å². The number of halogens is 1. The van der Waals surface area contributed by atoms with E-state index in [1.165, 1.54) is 44.9 Å². The van der Waals surface area contributed by atoms with Crippen LogP contribution < -0.4 is 0 Å². The molecule has 5 aliphatic rings. The van der Waals surface area contributed by atoms with Gasteiger partial charge in [-0.15, -0.1) is 0 Å². The van der Waals surface area contributed by atoms with Crippen LogP contribution in [0.3, 0.4) is 0 Å². The molecule has 0 aromatic carbocycles. The maximum atomic E-state index is 11.5. The first-order valence-corrected chi connectivity index (χ1v) is 13.8. The number of hydrogen-bond acceptors (Lipinski definition) is 3. The number of hydrogen-bond donors (Lipinski definition) is 2. The molecule has 0 aromatic rings. The largest absolute Gasteiger partial charge is 0.393 e. The molecule has 1 aliphatic heterocycles. The maximum Gasteiger partial charge on any atom is 0.0579 e. The molecule has 0 spiro atoms. The standard InChI is InChI=1S/C27H46ClNO2/c1-16-5-8-23(29(28)15-16)17(2)25-24(31)14-22-20-7-6-18-13-19(30)9-11-26(18,3)21(20)10-12-27(22,25)4/h16-25,30-31H,5-15H2,1-4H3/t16?,17?,18?,19?,20-,21+,22+,23?,24?,25?,26+,27+/m1/s1. The van der Waals surface area contributed by atoms with E-state index in [1.54, 1.807) is 0 Å². The first-order valence-electron chi connectivity index (χ1n) is 13.4. The Bertz CT molecular complexity index is 674. The smallest absolute Gasteiger partial charge is 0.0579 e. The van der Waals surface area contributed by atoms with Crippen LogP contribution in [0.5, 0.6) is 0 Å². The number of nitrogens with zero attached hydrogens (tertiary/aromatic N) is 1. The molecule has 4 heteroatoms. The van der Waals surface area contributed by atoms with Crippen LogP contribution in [-0.4, -0.2) is 39.4 Å². The van der Waals surface area contributed by atoms with Crippen molar-refractivity contribution in [1.29, 1.82) is 0 Å². The van der Waals surface area contributed by atoms with Gasteiger partial charge in [-0.2, -0.15) is 0 Å². The Morgan fingerprint density at radius 2 is 1.65 bits per heavy atom. The third kappa shape index (κ3) is 3.55. The summed E-state index contributed by atoms with van der Waals surface area (Å²) in [4.78, 5) is 0. The van der Waals surface area contributed by atoms with E-state index in [2.05, 4.69) is 32.1 Å². The Morgan fingerprint density at radius 3 is 2.39 bits per heavy atom. The summed E-state index contributed by atoms with van der Waals surface area (Å²) in [5.74, 6) is 4.42. The SMILES string of the molecule is CC1CCC(C(C)C2C(O)C[C@H]3[C@@H]4CCC5CC(O)CC[C@]5(C)[C@H]4CC[C@]23C)N(Cl)C1. The van der Waals surface area contributed by atoms with Crippen LogP contribution in [0.2, 0.25) is 0 Å². The summed E-state index contributed by atoms with van der Waals surface area (Å²) in [6.45, 7) is 10.8. The summed E-state index contributed by atoms with van der Waals surface area (Å²) in [5, 5.41) is 21.7. The molecular formula is C27H46ClNO2. The summed E-state index contributed by atoms with van der Waals surface area (Å²) in [6, 6.07) is 0.402. The van der Waals surface area contributed by atoms with Gasteiger partial charge < -0.3 is 10.2 Å². The normalized spacial score (nSPS) is 56.4. The third-order valence-corrected chi connectivity index (χ3v) is 12.1. The number of aliphatic hydroxyl groups is 2. The van der Waals surface area contributed by atoms with Crippen molar-refractivity contribution in [3.05, 3.63) is 0 Å². The first-order chi connectivity index (χ1) is 14.6. The van der Waals surface area contributed by atoms with Gasteiger partial charge in [0.1, 0.15) is 0 Å². The molecule has 12 atom stereocenters. The summed E-state index contributed by atoms with van der Waals surface area (Å²) < 4.78 is 2.09. The van der Waals surface area contributed by atoms with Gasteiger partial charge in [0.15, 0.2) is 0 Å². The van der Waals surface area contributed by atoms with E-state index in [4.69, 9.17) is 11.8 Å². The number of aliphatic hydroxyl groups excluding tert-OH is 2. The van der Waals surface area contributed by atoms with E-state index < -0.39 is 0 Å². The Morgan fingerprint density at radius 1 is 0.903 bits per heavy atom. The van der Waals surface area contributed by atoms with Gasteiger partial charge in [0, 0.05) is 12.6 Å². The summed E-state index contributed by atoms with van der Waals surface area (Å²) in [7, 11) is 0. The lowest BCUT2D eigenvalue weighted by atomic mass is 9.44. The summed E-state index contributed by atoms with van der Waals surface area (Å²) in [6.07, 6.45) is 11.6. The average Bonchev–Trinajstić information content (AvgIpc) is 2.98. The molecule has 7 unspecified atom stereocenters. The van der Waals surface area contributed by atoms with Crippen LogP contribution in [0, 0.1) is 52.3 Å². The van der Waals surface area contributed by atoms with Gasteiger partial charge in [-0.1, -0.05) is 27.7 Å². The first kappa shape index (κ1) is 22.9. The van der Waals surface area contributed by atoms with Crippen molar-refractivity contribution in [2.24, 2.45) is 52.3 Å². The predicted molar refractivity (Wildman–Crippen MR) is 127 cm³/mol. The Kier molecular flexibility index (Phi) is 6.02. The van der Waals surface area contributed by atoms with Crippen molar-refractivity contribution in [2.75, 3.05) is 6.54 Å². The quantitative estimate of drug-likeness (QED) is 0.516. The lowest BCUT2D eigenvalue weighted by Gasteiger charge is -2.61. The molecule has 3 nitrogen and oxygen atoms in total. The number of piperidine rings is 1. The van der Waals surface area contributed by atoms with Crippen molar-refractivity contribution >= 4 is 11.8 Å². The Labute approximate surface area is 195 Å². The predicted octanol–water partition coefficient (Wildman–Crippen LogP) is 5.87. The van der Waals surface area contributed by atoms with Crippen molar-refractivity contribution in [3.63, 3.8) is 0 Å². The van der Waals surface area contributed by atoms with Gasteiger partial charge in [-0.25, -0.2) is 4.42 Å². The number of rotatable bonds is 2. The molecule has 31 heavy (non-hydrogen) atoms. The van der Waals surface area contributed by atoms with Crippen LogP contribution in [0.15, 0.2) is 0 Å². The van der Waals surface area contributed by atoms with Gasteiger partial charge in [-0.05, 0) is 128 Å². The lowest BCUT2D eigenvalue weighted by Crippen LogP contribution is -2.55. The van der Waals surface area contributed by atoms with Gasteiger partial charge in [0.05, 0.1) is 12.2 Å². The Hall–Kier alpha value is 0.170. The molecule has 2 N–H and O–H groups in total. The molecule has 5 fully saturated rings. The van der Waals surface area contributed by atoms with Gasteiger partial charge in [-0.3, -0.25) is 0 Å². The van der Waals surface area contributed by atoms with Crippen LogP contribution in [0.4, 0.5) is 0 Å². The molecule has 1 heterocycles. The van der Waals surface area contributed by atoms with Crippen LogP contribution in [0.1, 0.15) is 91.9 Å². The molecule has 1 saturated heterocycles. The van der Waals surface area contributed by atoms with E-state index in [1.807, 2.05) is 0 Å². The van der Waals surface area contributed by atoms with E-state index in [0.29, 0.717) is 41.0 Å². The van der Waals surface area contributed by atoms with Gasteiger partial charge >= 0.3 is 0 Å². The van der Waals surface area contributed by atoms with Crippen molar-refractivity contribution in [3.8, 4) is 0 Å². The second kappa shape index (κ2) is 8.14.